The maximum Gasteiger partial charge on any atom is 0.323 e. The number of rotatable bonds is 4. The van der Waals surface area contributed by atoms with E-state index >= 15 is 0 Å². The van der Waals surface area contributed by atoms with Crippen LogP contribution in [-0.2, 0) is 0 Å². The Labute approximate surface area is 171 Å². The number of hydrogen-bond acceptors (Lipinski definition) is 3. The highest BCUT2D eigenvalue weighted by molar-refractivity contribution is 6.01. The monoisotopic (exact) mass is 405 g/mol. The van der Waals surface area contributed by atoms with Crippen LogP contribution in [0.1, 0.15) is 0 Å². The SMILES string of the molecule is COc1cc(-c2ccc(F)cc2)nc2ccc(NC(=O)Nc3cccc(F)c3)cc12. The normalized spacial score (nSPS) is 10.6. The minimum Gasteiger partial charge on any atom is -0.496 e. The van der Waals surface area contributed by atoms with Crippen LogP contribution in [0.3, 0.4) is 0 Å². The third-order valence-corrected chi connectivity index (χ3v) is 4.47. The number of carbonyl (C=O) groups excluding carboxylic acids is 1. The Kier molecular flexibility index (Phi) is 5.26. The van der Waals surface area contributed by atoms with E-state index in [9.17, 15) is 13.6 Å². The second-order valence-corrected chi connectivity index (χ2v) is 6.54. The molecule has 0 aliphatic carbocycles. The van der Waals surface area contributed by atoms with Gasteiger partial charge in [-0.2, -0.15) is 0 Å². The highest BCUT2D eigenvalue weighted by Gasteiger charge is 2.11. The predicted molar refractivity (Wildman–Crippen MR) is 113 cm³/mol. The number of carbonyl (C=O) groups is 1. The molecule has 0 aliphatic heterocycles. The molecule has 4 rings (SSSR count). The van der Waals surface area contributed by atoms with Crippen molar-refractivity contribution in [3.05, 3.63) is 84.4 Å². The van der Waals surface area contributed by atoms with Crippen molar-refractivity contribution in [1.82, 2.24) is 4.98 Å². The van der Waals surface area contributed by atoms with Crippen molar-refractivity contribution in [2.24, 2.45) is 0 Å². The molecule has 2 N–H and O–H groups in total. The third-order valence-electron chi connectivity index (χ3n) is 4.47. The lowest BCUT2D eigenvalue weighted by molar-refractivity contribution is 0.262. The van der Waals surface area contributed by atoms with E-state index in [1.807, 2.05) is 0 Å². The van der Waals surface area contributed by atoms with Gasteiger partial charge in [-0.05, 0) is 60.7 Å². The number of anilines is 2. The summed E-state index contributed by atoms with van der Waals surface area (Å²) in [5.41, 5.74) is 2.92. The van der Waals surface area contributed by atoms with E-state index < -0.39 is 11.8 Å². The predicted octanol–water partition coefficient (Wildman–Crippen LogP) is 5.83. The fraction of sp³-hybridized carbons (Fsp3) is 0.0435. The van der Waals surface area contributed by atoms with Gasteiger partial charge in [-0.3, -0.25) is 0 Å². The van der Waals surface area contributed by atoms with E-state index in [-0.39, 0.29) is 5.82 Å². The van der Waals surface area contributed by atoms with Crippen molar-refractivity contribution in [3.63, 3.8) is 0 Å². The Hall–Kier alpha value is -4.00. The summed E-state index contributed by atoms with van der Waals surface area (Å²) >= 11 is 0. The van der Waals surface area contributed by atoms with Crippen molar-refractivity contribution < 1.29 is 18.3 Å². The molecule has 4 aromatic rings. The highest BCUT2D eigenvalue weighted by Crippen LogP contribution is 2.31. The van der Waals surface area contributed by atoms with Gasteiger partial charge in [0.1, 0.15) is 17.4 Å². The van der Waals surface area contributed by atoms with Crippen LogP contribution in [0.4, 0.5) is 25.0 Å². The molecule has 7 heteroatoms. The number of benzene rings is 3. The smallest absolute Gasteiger partial charge is 0.323 e. The van der Waals surface area contributed by atoms with Gasteiger partial charge in [0.25, 0.3) is 0 Å². The lowest BCUT2D eigenvalue weighted by Gasteiger charge is -2.12. The Balaban J connectivity index is 1.61. The van der Waals surface area contributed by atoms with Crippen molar-refractivity contribution in [3.8, 4) is 17.0 Å². The molecule has 1 heterocycles. The lowest BCUT2D eigenvalue weighted by atomic mass is 10.1. The topological polar surface area (TPSA) is 63.2 Å². The second kappa shape index (κ2) is 8.16. The number of amides is 2. The molecule has 0 atom stereocenters. The number of methoxy groups -OCH3 is 1. The van der Waals surface area contributed by atoms with Crippen LogP contribution in [0.5, 0.6) is 5.75 Å². The highest BCUT2D eigenvalue weighted by atomic mass is 19.1. The molecule has 0 saturated carbocycles. The van der Waals surface area contributed by atoms with Crippen LogP contribution in [0, 0.1) is 11.6 Å². The molecular formula is C23H17F2N3O2. The summed E-state index contributed by atoms with van der Waals surface area (Å²) in [6, 6.07) is 18.1. The number of ether oxygens (including phenoxy) is 1. The van der Waals surface area contributed by atoms with Gasteiger partial charge >= 0.3 is 6.03 Å². The Bertz CT molecular complexity index is 1230. The molecule has 30 heavy (non-hydrogen) atoms. The fourth-order valence-corrected chi connectivity index (χ4v) is 3.07. The molecule has 0 spiro atoms. The molecule has 0 bridgehead atoms. The van der Waals surface area contributed by atoms with Gasteiger partial charge in [-0.1, -0.05) is 6.07 Å². The number of pyridine rings is 1. The Morgan fingerprint density at radius 1 is 0.867 bits per heavy atom. The summed E-state index contributed by atoms with van der Waals surface area (Å²) in [4.78, 5) is 16.8. The molecule has 1 aromatic heterocycles. The molecule has 5 nitrogen and oxygen atoms in total. The standard InChI is InChI=1S/C23H17F2N3O2/c1-30-22-13-21(14-5-7-15(24)8-6-14)28-20-10-9-18(12-19(20)22)27-23(29)26-17-4-2-3-16(25)11-17/h2-13H,1H3,(H2,26,27,29). The average Bonchev–Trinajstić information content (AvgIpc) is 2.73. The summed E-state index contributed by atoms with van der Waals surface area (Å²) in [5.74, 6) is -0.196. The van der Waals surface area contributed by atoms with Gasteiger partial charge in [-0.15, -0.1) is 0 Å². The van der Waals surface area contributed by atoms with E-state index in [1.54, 1.807) is 49.6 Å². The van der Waals surface area contributed by atoms with Crippen molar-refractivity contribution in [2.45, 2.75) is 0 Å². The van der Waals surface area contributed by atoms with Gasteiger partial charge in [0, 0.05) is 28.4 Å². The molecule has 0 aliphatic rings. The van der Waals surface area contributed by atoms with E-state index in [4.69, 9.17) is 4.74 Å². The van der Waals surface area contributed by atoms with Crippen LogP contribution in [0.15, 0.2) is 72.8 Å². The van der Waals surface area contributed by atoms with E-state index in [2.05, 4.69) is 15.6 Å². The molecule has 3 aromatic carbocycles. The number of halogens is 2. The van der Waals surface area contributed by atoms with Crippen LogP contribution < -0.4 is 15.4 Å². The molecule has 0 fully saturated rings. The maximum absolute atomic E-state index is 13.3. The summed E-state index contributed by atoms with van der Waals surface area (Å²) in [5, 5.41) is 5.98. The lowest BCUT2D eigenvalue weighted by Crippen LogP contribution is -2.19. The number of aromatic nitrogens is 1. The summed E-state index contributed by atoms with van der Waals surface area (Å²) < 4.78 is 32.0. The zero-order chi connectivity index (χ0) is 21.1. The Morgan fingerprint density at radius 2 is 1.60 bits per heavy atom. The summed E-state index contributed by atoms with van der Waals surface area (Å²) in [6.45, 7) is 0. The average molecular weight is 405 g/mol. The second-order valence-electron chi connectivity index (χ2n) is 6.54. The molecular weight excluding hydrogens is 388 g/mol. The van der Waals surface area contributed by atoms with Crippen molar-refractivity contribution in [1.29, 1.82) is 0 Å². The number of urea groups is 1. The quantitative estimate of drug-likeness (QED) is 0.449. The van der Waals surface area contributed by atoms with Gasteiger partial charge in [0.15, 0.2) is 0 Å². The summed E-state index contributed by atoms with van der Waals surface area (Å²) in [6.07, 6.45) is 0. The largest absolute Gasteiger partial charge is 0.496 e. The first-order valence-corrected chi connectivity index (χ1v) is 9.10. The minimum atomic E-state index is -0.505. The minimum absolute atomic E-state index is 0.321. The van der Waals surface area contributed by atoms with Gasteiger partial charge in [0.05, 0.1) is 18.3 Å². The van der Waals surface area contributed by atoms with E-state index in [1.165, 1.54) is 30.3 Å². The number of hydrogen-bond donors (Lipinski definition) is 2. The van der Waals surface area contributed by atoms with Crippen molar-refractivity contribution in [2.75, 3.05) is 17.7 Å². The zero-order valence-corrected chi connectivity index (χ0v) is 15.9. The third kappa shape index (κ3) is 4.20. The van der Waals surface area contributed by atoms with Crippen LogP contribution in [0.25, 0.3) is 22.2 Å². The fourth-order valence-electron chi connectivity index (χ4n) is 3.07. The number of nitrogens with one attached hydrogen (secondary N) is 2. The van der Waals surface area contributed by atoms with E-state index in [0.717, 1.165) is 5.56 Å². The molecule has 150 valence electrons. The maximum atomic E-state index is 13.3. The first-order chi connectivity index (χ1) is 14.5. The number of fused-ring (bicyclic) bond motifs is 1. The molecule has 2 amide bonds. The van der Waals surface area contributed by atoms with Crippen LogP contribution in [0.2, 0.25) is 0 Å². The van der Waals surface area contributed by atoms with E-state index in [0.29, 0.717) is 33.7 Å². The first-order valence-electron chi connectivity index (χ1n) is 9.10. The van der Waals surface area contributed by atoms with Gasteiger partial charge in [-0.25, -0.2) is 18.6 Å². The molecule has 0 radical (unpaired) electrons. The van der Waals surface area contributed by atoms with Crippen LogP contribution >= 0.6 is 0 Å². The van der Waals surface area contributed by atoms with Crippen LogP contribution in [-0.4, -0.2) is 18.1 Å². The number of nitrogens with zero attached hydrogens (tertiary/aromatic N) is 1. The van der Waals surface area contributed by atoms with Crippen molar-refractivity contribution >= 4 is 28.3 Å². The van der Waals surface area contributed by atoms with Gasteiger partial charge in [0.2, 0.25) is 0 Å². The zero-order valence-electron chi connectivity index (χ0n) is 15.9. The first kappa shape index (κ1) is 19.3. The van der Waals surface area contributed by atoms with Gasteiger partial charge < -0.3 is 15.4 Å². The Morgan fingerprint density at radius 3 is 2.30 bits per heavy atom. The summed E-state index contributed by atoms with van der Waals surface area (Å²) in [7, 11) is 1.54. The molecule has 0 saturated heterocycles. The molecule has 0 unspecified atom stereocenters.